The van der Waals surface area contributed by atoms with E-state index in [1.165, 1.54) is 0 Å². The largest absolute Gasteiger partial charge is 0.490 e. The molecule has 126 valence electrons. The summed E-state index contributed by atoms with van der Waals surface area (Å²) in [5.41, 5.74) is 2.27. The van der Waals surface area contributed by atoms with E-state index < -0.39 is 0 Å². The third-order valence-corrected chi connectivity index (χ3v) is 3.99. The van der Waals surface area contributed by atoms with E-state index in [-0.39, 0.29) is 12.7 Å². The molecule has 2 aromatic rings. The molecular formula is C18H27N3O2. The lowest BCUT2D eigenvalue weighted by molar-refractivity contribution is 0.174. The highest BCUT2D eigenvalue weighted by atomic mass is 16.5. The van der Waals surface area contributed by atoms with Crippen molar-refractivity contribution in [1.29, 1.82) is 0 Å². The molecule has 1 heterocycles. The van der Waals surface area contributed by atoms with Crippen molar-refractivity contribution in [2.24, 2.45) is 7.05 Å². The Bertz CT molecular complexity index is 597. The Balaban J connectivity index is 2.11. The summed E-state index contributed by atoms with van der Waals surface area (Å²) in [4.78, 5) is 6.36. The Morgan fingerprint density at radius 3 is 2.74 bits per heavy atom. The van der Waals surface area contributed by atoms with Crippen LogP contribution >= 0.6 is 0 Å². The molecule has 1 aromatic carbocycles. The van der Waals surface area contributed by atoms with Gasteiger partial charge in [0.05, 0.1) is 24.7 Å². The van der Waals surface area contributed by atoms with Gasteiger partial charge in [0.2, 0.25) is 0 Å². The Labute approximate surface area is 138 Å². The lowest BCUT2D eigenvalue weighted by Crippen LogP contribution is -2.27. The normalized spacial score (nSPS) is 12.6. The van der Waals surface area contributed by atoms with Crippen molar-refractivity contribution < 1.29 is 9.84 Å². The first-order valence-corrected chi connectivity index (χ1v) is 8.17. The average Bonchev–Trinajstić information content (AvgIpc) is 2.94. The van der Waals surface area contributed by atoms with Gasteiger partial charge in [0.1, 0.15) is 5.75 Å². The minimum absolute atomic E-state index is 0.131. The van der Waals surface area contributed by atoms with Crippen molar-refractivity contribution in [2.75, 3.05) is 13.2 Å². The van der Waals surface area contributed by atoms with E-state index in [2.05, 4.69) is 29.8 Å². The number of aliphatic hydroxyl groups excluding tert-OH is 1. The first kappa shape index (κ1) is 17.5. The zero-order valence-electron chi connectivity index (χ0n) is 14.3. The fourth-order valence-electron chi connectivity index (χ4n) is 2.41. The molecule has 0 aliphatic carbocycles. The first-order chi connectivity index (χ1) is 11.1. The number of ether oxygens (including phenoxy) is 1. The summed E-state index contributed by atoms with van der Waals surface area (Å²) in [6.45, 7) is 6.42. The number of rotatable bonds is 9. The van der Waals surface area contributed by atoms with Crippen molar-refractivity contribution in [3.8, 4) is 5.75 Å². The van der Waals surface area contributed by atoms with E-state index in [4.69, 9.17) is 4.74 Å². The fraction of sp³-hybridized carbons (Fsp3) is 0.500. The van der Waals surface area contributed by atoms with Crippen molar-refractivity contribution in [3.05, 3.63) is 48.0 Å². The number of benzene rings is 1. The molecule has 1 atom stereocenters. The molecule has 2 rings (SSSR count). The van der Waals surface area contributed by atoms with Crippen molar-refractivity contribution in [3.63, 3.8) is 0 Å². The smallest absolute Gasteiger partial charge is 0.124 e. The minimum atomic E-state index is 0.131. The molecule has 0 bridgehead atoms. The van der Waals surface area contributed by atoms with Crippen LogP contribution in [0.2, 0.25) is 0 Å². The van der Waals surface area contributed by atoms with E-state index in [9.17, 15) is 5.11 Å². The van der Waals surface area contributed by atoms with Gasteiger partial charge in [0.15, 0.2) is 0 Å². The number of imidazole rings is 1. The van der Waals surface area contributed by atoms with Crippen LogP contribution in [-0.2, 0) is 20.1 Å². The second-order valence-corrected chi connectivity index (χ2v) is 5.87. The van der Waals surface area contributed by atoms with Gasteiger partial charge in [-0.05, 0) is 19.4 Å². The van der Waals surface area contributed by atoms with Crippen LogP contribution in [-0.4, -0.2) is 38.8 Å². The van der Waals surface area contributed by atoms with Gasteiger partial charge in [-0.1, -0.05) is 25.1 Å². The number of hydrogen-bond acceptors (Lipinski definition) is 4. The maximum absolute atomic E-state index is 9.37. The number of aromatic nitrogens is 2. The third kappa shape index (κ3) is 5.08. The van der Waals surface area contributed by atoms with Gasteiger partial charge in [-0.2, -0.15) is 0 Å². The Morgan fingerprint density at radius 2 is 2.09 bits per heavy atom. The molecule has 23 heavy (non-hydrogen) atoms. The molecule has 0 radical (unpaired) electrons. The summed E-state index contributed by atoms with van der Waals surface area (Å²) in [6.07, 6.45) is 4.83. The van der Waals surface area contributed by atoms with Crippen LogP contribution in [0.1, 0.15) is 31.5 Å². The lowest BCUT2D eigenvalue weighted by atomic mass is 10.1. The number of nitrogens with zero attached hydrogens (tertiary/aromatic N) is 3. The molecule has 0 saturated heterocycles. The van der Waals surface area contributed by atoms with Crippen molar-refractivity contribution in [1.82, 2.24) is 14.5 Å². The molecule has 5 heteroatoms. The van der Waals surface area contributed by atoms with Crippen molar-refractivity contribution in [2.45, 2.75) is 39.5 Å². The second kappa shape index (κ2) is 8.70. The van der Waals surface area contributed by atoms with Gasteiger partial charge >= 0.3 is 0 Å². The zero-order valence-corrected chi connectivity index (χ0v) is 14.3. The predicted molar refractivity (Wildman–Crippen MR) is 91.2 cm³/mol. The van der Waals surface area contributed by atoms with Gasteiger partial charge < -0.3 is 14.4 Å². The van der Waals surface area contributed by atoms with Crippen LogP contribution in [0.4, 0.5) is 0 Å². The molecule has 0 spiro atoms. The molecule has 0 amide bonds. The first-order valence-electron chi connectivity index (χ1n) is 8.17. The monoisotopic (exact) mass is 317 g/mol. The van der Waals surface area contributed by atoms with Gasteiger partial charge in [-0.3, -0.25) is 4.90 Å². The number of para-hydroxylation sites is 1. The van der Waals surface area contributed by atoms with E-state index >= 15 is 0 Å². The summed E-state index contributed by atoms with van der Waals surface area (Å²) < 4.78 is 8.03. The molecule has 0 saturated carbocycles. The Kier molecular flexibility index (Phi) is 6.62. The zero-order chi connectivity index (χ0) is 16.7. The molecule has 0 aliphatic heterocycles. The molecule has 0 aliphatic rings. The molecule has 1 N–H and O–H groups in total. The van der Waals surface area contributed by atoms with Crippen LogP contribution in [0.3, 0.4) is 0 Å². The molecule has 0 fully saturated rings. The van der Waals surface area contributed by atoms with E-state index in [1.54, 1.807) is 6.33 Å². The standard InChI is InChI=1S/C18H27N3O2/c1-4-15(2)23-18-8-6-5-7-16(18)12-21(9-10-22)13-17-11-19-14-20(17)3/h5-8,11,14-15,22H,4,9-10,12-13H2,1-3H3. The fourth-order valence-corrected chi connectivity index (χ4v) is 2.41. The SMILES string of the molecule is CCC(C)Oc1ccccc1CN(CCO)Cc1cncn1C. The van der Waals surface area contributed by atoms with Gasteiger partial charge in [0, 0.05) is 38.4 Å². The van der Waals surface area contributed by atoms with Crippen LogP contribution in [0.25, 0.3) is 0 Å². The summed E-state index contributed by atoms with van der Waals surface area (Å²) in [5, 5.41) is 9.37. The third-order valence-electron chi connectivity index (χ3n) is 3.99. The second-order valence-electron chi connectivity index (χ2n) is 5.87. The minimum Gasteiger partial charge on any atom is -0.490 e. The highest BCUT2D eigenvalue weighted by Crippen LogP contribution is 2.22. The molecule has 5 nitrogen and oxygen atoms in total. The highest BCUT2D eigenvalue weighted by molar-refractivity contribution is 5.33. The van der Waals surface area contributed by atoms with E-state index in [0.717, 1.165) is 36.5 Å². The van der Waals surface area contributed by atoms with Gasteiger partial charge in [0.25, 0.3) is 0 Å². The van der Waals surface area contributed by atoms with Crippen LogP contribution in [0.5, 0.6) is 5.75 Å². The molecule has 1 unspecified atom stereocenters. The number of aryl methyl sites for hydroxylation is 1. The molecule has 1 aromatic heterocycles. The number of hydrogen-bond donors (Lipinski definition) is 1. The quantitative estimate of drug-likeness (QED) is 0.772. The predicted octanol–water partition coefficient (Wildman–Crippen LogP) is 2.59. The van der Waals surface area contributed by atoms with Crippen LogP contribution < -0.4 is 4.74 Å². The van der Waals surface area contributed by atoms with Crippen LogP contribution in [0.15, 0.2) is 36.8 Å². The molecular weight excluding hydrogens is 290 g/mol. The summed E-state index contributed by atoms with van der Waals surface area (Å²) in [7, 11) is 1.99. The maximum Gasteiger partial charge on any atom is 0.124 e. The summed E-state index contributed by atoms with van der Waals surface area (Å²) >= 11 is 0. The highest BCUT2D eigenvalue weighted by Gasteiger charge is 2.13. The van der Waals surface area contributed by atoms with Gasteiger partial charge in [-0.25, -0.2) is 4.98 Å². The Hall–Kier alpha value is -1.85. The van der Waals surface area contributed by atoms with Crippen molar-refractivity contribution >= 4 is 0 Å². The Morgan fingerprint density at radius 1 is 1.30 bits per heavy atom. The summed E-state index contributed by atoms with van der Waals surface area (Å²) in [6, 6.07) is 8.13. The maximum atomic E-state index is 9.37. The average molecular weight is 317 g/mol. The topological polar surface area (TPSA) is 50.5 Å². The van der Waals surface area contributed by atoms with E-state index in [1.807, 2.05) is 36.0 Å². The number of aliphatic hydroxyl groups is 1. The van der Waals surface area contributed by atoms with Crippen LogP contribution in [0, 0.1) is 0 Å². The van der Waals surface area contributed by atoms with E-state index in [0.29, 0.717) is 6.54 Å². The summed E-state index contributed by atoms with van der Waals surface area (Å²) in [5.74, 6) is 0.926. The lowest BCUT2D eigenvalue weighted by Gasteiger charge is -2.23. The van der Waals surface area contributed by atoms with Gasteiger partial charge in [-0.15, -0.1) is 0 Å².